The Labute approximate surface area is 213 Å². The van der Waals surface area contributed by atoms with Crippen molar-refractivity contribution in [3.63, 3.8) is 0 Å². The fourth-order valence-corrected chi connectivity index (χ4v) is 5.83. The first-order valence-corrected chi connectivity index (χ1v) is 13.4. The number of nitrogens with zero attached hydrogens (tertiary/aromatic N) is 3. The van der Waals surface area contributed by atoms with Crippen molar-refractivity contribution in [1.29, 1.82) is 0 Å². The quantitative estimate of drug-likeness (QED) is 0.343. The zero-order valence-corrected chi connectivity index (χ0v) is 21.0. The van der Waals surface area contributed by atoms with Crippen molar-refractivity contribution >= 4 is 22.8 Å². The number of carbonyl (C=O) groups excluding carboxylic acids is 1. The maximum absolute atomic E-state index is 12.7. The molecule has 3 heterocycles. The fraction of sp³-hybridized carbons (Fsp3) is 0.407. The van der Waals surface area contributed by atoms with Gasteiger partial charge in [-0.2, -0.15) is 0 Å². The van der Waals surface area contributed by atoms with Gasteiger partial charge >= 0.3 is 0 Å². The lowest BCUT2D eigenvalue weighted by atomic mass is 9.86. The van der Waals surface area contributed by atoms with Crippen molar-refractivity contribution in [3.05, 3.63) is 71.7 Å². The maximum atomic E-state index is 12.7. The molecule has 1 fully saturated rings. The molecule has 2 aliphatic heterocycles. The van der Waals surface area contributed by atoms with E-state index >= 15 is 0 Å². The zero-order chi connectivity index (χ0) is 25.2. The van der Waals surface area contributed by atoms with Crippen molar-refractivity contribution in [1.82, 2.24) is 9.55 Å². The highest BCUT2D eigenvalue weighted by molar-refractivity contribution is 7.74. The number of piperidine rings is 1. The van der Waals surface area contributed by atoms with Gasteiger partial charge < -0.3 is 19.1 Å². The first-order valence-electron chi connectivity index (χ1n) is 12.4. The maximum Gasteiger partial charge on any atom is 0.164 e. The lowest BCUT2D eigenvalue weighted by molar-refractivity contribution is 0.0756. The Bertz CT molecular complexity index is 1270. The SMILES string of the molecule is CCC(=O)c1cc(COS(=O)[O-])ccc1N1CCC(C(O)CC2c3ccccc3-c3cncn32)CC1. The molecule has 0 aliphatic carbocycles. The molecule has 3 atom stereocenters. The predicted molar refractivity (Wildman–Crippen MR) is 136 cm³/mol. The van der Waals surface area contributed by atoms with Crippen molar-refractivity contribution in [3.8, 4) is 11.3 Å². The number of anilines is 1. The van der Waals surface area contributed by atoms with Gasteiger partial charge in [-0.15, -0.1) is 0 Å². The molecule has 1 N–H and O–H groups in total. The van der Waals surface area contributed by atoms with Crippen molar-refractivity contribution in [2.75, 3.05) is 18.0 Å². The number of aliphatic hydroxyl groups is 1. The first-order chi connectivity index (χ1) is 17.5. The molecular weight excluding hydrogens is 478 g/mol. The van der Waals surface area contributed by atoms with Crippen LogP contribution in [0.4, 0.5) is 5.69 Å². The average molecular weight is 509 g/mol. The van der Waals surface area contributed by atoms with Crippen molar-refractivity contribution in [2.45, 2.75) is 51.4 Å². The second-order valence-corrected chi connectivity index (χ2v) is 10.2. The third-order valence-corrected chi connectivity index (χ3v) is 7.80. The summed E-state index contributed by atoms with van der Waals surface area (Å²) in [5.74, 6) is 0.180. The topological polar surface area (TPSA) is 108 Å². The molecule has 190 valence electrons. The van der Waals surface area contributed by atoms with Gasteiger partial charge in [-0.3, -0.25) is 8.98 Å². The van der Waals surface area contributed by atoms with Crippen LogP contribution in [-0.4, -0.2) is 48.4 Å². The van der Waals surface area contributed by atoms with Crippen LogP contribution in [0.1, 0.15) is 60.1 Å². The number of rotatable bonds is 9. The number of imidazole rings is 1. The molecule has 1 aromatic heterocycles. The van der Waals surface area contributed by atoms with Crippen LogP contribution < -0.4 is 4.90 Å². The third-order valence-electron chi connectivity index (χ3n) is 7.49. The van der Waals surface area contributed by atoms with Crippen LogP contribution in [-0.2, 0) is 22.2 Å². The van der Waals surface area contributed by atoms with E-state index in [2.05, 4.69) is 30.8 Å². The Morgan fingerprint density at radius 2 is 2.03 bits per heavy atom. The smallest absolute Gasteiger partial charge is 0.164 e. The van der Waals surface area contributed by atoms with Crippen molar-refractivity contribution < 1.29 is 22.8 Å². The minimum atomic E-state index is -2.60. The highest BCUT2D eigenvalue weighted by atomic mass is 32.2. The molecule has 0 saturated carbocycles. The molecule has 1 saturated heterocycles. The second kappa shape index (κ2) is 10.6. The molecule has 0 amide bonds. The van der Waals surface area contributed by atoms with E-state index < -0.39 is 17.5 Å². The number of aromatic nitrogens is 2. The van der Waals surface area contributed by atoms with Gasteiger partial charge in [0.1, 0.15) is 0 Å². The molecule has 9 heteroatoms. The zero-order valence-electron chi connectivity index (χ0n) is 20.2. The number of carbonyl (C=O) groups is 1. The number of hydrogen-bond acceptors (Lipinski definition) is 7. The average Bonchev–Trinajstić information content (AvgIpc) is 3.49. The number of ketones is 1. The van der Waals surface area contributed by atoms with Gasteiger partial charge in [0.15, 0.2) is 5.78 Å². The minimum absolute atomic E-state index is 0.00768. The summed E-state index contributed by atoms with van der Waals surface area (Å²) < 4.78 is 28.3. The van der Waals surface area contributed by atoms with Gasteiger partial charge in [0.25, 0.3) is 0 Å². The predicted octanol–water partition coefficient (Wildman–Crippen LogP) is 4.02. The van der Waals surface area contributed by atoms with E-state index in [0.717, 1.165) is 37.3 Å². The number of fused-ring (bicyclic) bond motifs is 3. The van der Waals surface area contributed by atoms with Crippen LogP contribution in [0, 0.1) is 5.92 Å². The molecule has 0 spiro atoms. The molecule has 2 aliphatic rings. The number of benzene rings is 2. The van der Waals surface area contributed by atoms with Crippen LogP contribution in [0.2, 0.25) is 0 Å². The van der Waals surface area contributed by atoms with Gasteiger partial charge in [0, 0.05) is 36.3 Å². The van der Waals surface area contributed by atoms with E-state index in [1.807, 2.05) is 37.6 Å². The van der Waals surface area contributed by atoms with Gasteiger partial charge in [-0.05, 0) is 48.4 Å². The Morgan fingerprint density at radius 1 is 1.25 bits per heavy atom. The van der Waals surface area contributed by atoms with E-state index in [1.54, 1.807) is 12.1 Å². The number of aliphatic hydroxyl groups excluding tert-OH is 1. The highest BCUT2D eigenvalue weighted by Crippen LogP contribution is 2.42. The summed E-state index contributed by atoms with van der Waals surface area (Å²) in [5.41, 5.74) is 5.60. The lowest BCUT2D eigenvalue weighted by Crippen LogP contribution is -2.39. The van der Waals surface area contributed by atoms with Crippen LogP contribution in [0.3, 0.4) is 0 Å². The minimum Gasteiger partial charge on any atom is -0.750 e. The standard InChI is InChI=1S/C27H31N3O5S/c1-2-26(31)22-13-18(16-35-36(33)34)7-8-23(22)29-11-9-19(10-12-29)27(32)14-24-20-5-3-4-6-21(20)25-15-28-17-30(24)25/h3-8,13,15,17,19,24,27,32H,2,9-12,14,16H2,1H3,(H,33,34)/p-1. The molecule has 3 aromatic rings. The normalized spacial score (nSPS) is 19.1. The van der Waals surface area contributed by atoms with E-state index in [1.165, 1.54) is 11.1 Å². The Hall–Kier alpha value is -2.85. The Morgan fingerprint density at radius 3 is 2.78 bits per heavy atom. The van der Waals surface area contributed by atoms with E-state index in [-0.39, 0.29) is 24.3 Å². The number of hydrogen-bond donors (Lipinski definition) is 1. The van der Waals surface area contributed by atoms with E-state index in [9.17, 15) is 18.7 Å². The van der Waals surface area contributed by atoms with Crippen LogP contribution in [0.15, 0.2) is 55.0 Å². The Balaban J connectivity index is 1.26. The highest BCUT2D eigenvalue weighted by Gasteiger charge is 2.33. The van der Waals surface area contributed by atoms with E-state index in [0.29, 0.717) is 24.0 Å². The van der Waals surface area contributed by atoms with Crippen LogP contribution >= 0.6 is 0 Å². The summed E-state index contributed by atoms with van der Waals surface area (Å²) in [6, 6.07) is 13.8. The molecule has 0 radical (unpaired) electrons. The van der Waals surface area contributed by atoms with Crippen LogP contribution in [0.5, 0.6) is 0 Å². The molecular formula is C27H30N3O5S-. The van der Waals surface area contributed by atoms with Gasteiger partial charge in [0.05, 0.1) is 48.3 Å². The molecule has 5 rings (SSSR count). The summed E-state index contributed by atoms with van der Waals surface area (Å²) >= 11 is -2.60. The molecule has 8 nitrogen and oxygen atoms in total. The van der Waals surface area contributed by atoms with E-state index in [4.69, 9.17) is 0 Å². The van der Waals surface area contributed by atoms with Crippen molar-refractivity contribution in [2.24, 2.45) is 5.92 Å². The lowest BCUT2D eigenvalue weighted by Gasteiger charge is -2.37. The third kappa shape index (κ3) is 4.88. The molecule has 3 unspecified atom stereocenters. The molecule has 2 aromatic carbocycles. The van der Waals surface area contributed by atoms with Gasteiger partial charge in [-0.25, -0.2) is 9.19 Å². The fourth-order valence-electron chi connectivity index (χ4n) is 5.60. The number of Topliss-reactive ketones (excluding diaryl/α,β-unsaturated/α-hetero) is 1. The summed E-state index contributed by atoms with van der Waals surface area (Å²) in [6.45, 7) is 3.20. The largest absolute Gasteiger partial charge is 0.750 e. The Kier molecular flexibility index (Phi) is 7.34. The molecule has 36 heavy (non-hydrogen) atoms. The first kappa shape index (κ1) is 24.8. The molecule has 0 bridgehead atoms. The summed E-state index contributed by atoms with van der Waals surface area (Å²) in [7, 11) is 0. The second-order valence-electron chi connectivity index (χ2n) is 9.51. The van der Waals surface area contributed by atoms with Gasteiger partial charge in [-0.1, -0.05) is 37.3 Å². The monoisotopic (exact) mass is 508 g/mol. The summed E-state index contributed by atoms with van der Waals surface area (Å²) in [4.78, 5) is 19.2. The summed E-state index contributed by atoms with van der Waals surface area (Å²) in [5, 5.41) is 11.2. The van der Waals surface area contributed by atoms with Gasteiger partial charge in [0.2, 0.25) is 0 Å². The summed E-state index contributed by atoms with van der Waals surface area (Å²) in [6.07, 6.45) is 5.95. The van der Waals surface area contributed by atoms with Crippen LogP contribution in [0.25, 0.3) is 11.3 Å².